The highest BCUT2D eigenvalue weighted by molar-refractivity contribution is 6.30. The lowest BCUT2D eigenvalue weighted by molar-refractivity contribution is -0.113. The minimum atomic E-state index is -0.0305. The Morgan fingerprint density at radius 1 is 0.857 bits per heavy atom. The molecule has 0 fully saturated rings. The molecule has 3 heteroatoms. The molecule has 28 heavy (non-hydrogen) atoms. The molecule has 0 N–H and O–H groups in total. The van der Waals surface area contributed by atoms with Crippen molar-refractivity contribution in [2.75, 3.05) is 4.90 Å². The monoisotopic (exact) mass is 385 g/mol. The predicted octanol–water partition coefficient (Wildman–Crippen LogP) is 6.43. The Balaban J connectivity index is 1.82. The summed E-state index contributed by atoms with van der Waals surface area (Å²) in [6.07, 6.45) is 3.87. The maximum absolute atomic E-state index is 13.3. The fraction of sp³-hybridized carbons (Fsp3) is 0.0800. The van der Waals surface area contributed by atoms with Gasteiger partial charge in [-0.2, -0.15) is 0 Å². The molecule has 1 heterocycles. The lowest BCUT2D eigenvalue weighted by Gasteiger charge is -2.21. The van der Waals surface area contributed by atoms with E-state index in [4.69, 9.17) is 11.6 Å². The first-order chi connectivity index (χ1) is 13.5. The van der Waals surface area contributed by atoms with Gasteiger partial charge in [-0.25, -0.2) is 0 Å². The van der Waals surface area contributed by atoms with Crippen LogP contribution in [0.25, 0.3) is 11.8 Å². The number of carbonyl (C=O) groups excluding carboxylic acids is 1. The quantitative estimate of drug-likeness (QED) is 0.476. The second-order valence-corrected chi connectivity index (χ2v) is 7.39. The van der Waals surface area contributed by atoms with Gasteiger partial charge in [0.1, 0.15) is 0 Å². The van der Waals surface area contributed by atoms with Crippen LogP contribution in [0.2, 0.25) is 5.02 Å². The number of hydrogen-bond donors (Lipinski definition) is 0. The van der Waals surface area contributed by atoms with Crippen LogP contribution in [0.1, 0.15) is 22.3 Å². The van der Waals surface area contributed by atoms with Crippen LogP contribution in [0.5, 0.6) is 0 Å². The van der Waals surface area contributed by atoms with Gasteiger partial charge in [-0.3, -0.25) is 9.69 Å². The zero-order valence-electron chi connectivity index (χ0n) is 15.8. The van der Waals surface area contributed by atoms with Crippen molar-refractivity contribution in [3.63, 3.8) is 0 Å². The zero-order chi connectivity index (χ0) is 19.7. The van der Waals surface area contributed by atoms with Crippen LogP contribution < -0.4 is 4.90 Å². The third kappa shape index (κ3) is 3.51. The highest BCUT2D eigenvalue weighted by atomic mass is 35.5. The van der Waals surface area contributed by atoms with Gasteiger partial charge in [0.2, 0.25) is 0 Å². The van der Waals surface area contributed by atoms with E-state index >= 15 is 0 Å². The molecule has 0 spiro atoms. The summed E-state index contributed by atoms with van der Waals surface area (Å²) in [5.41, 5.74) is 6.73. The Bertz CT molecular complexity index is 1100. The van der Waals surface area contributed by atoms with E-state index in [1.807, 2.05) is 72.8 Å². The van der Waals surface area contributed by atoms with Crippen LogP contribution >= 0.6 is 11.6 Å². The molecule has 0 radical (unpaired) electrons. The third-order valence-electron chi connectivity index (χ3n) is 4.99. The number of aryl methyl sites for hydroxylation is 2. The van der Waals surface area contributed by atoms with E-state index < -0.39 is 0 Å². The number of amides is 1. The van der Waals surface area contributed by atoms with Crippen LogP contribution in [-0.4, -0.2) is 5.91 Å². The van der Waals surface area contributed by atoms with Crippen molar-refractivity contribution in [3.05, 3.63) is 112 Å². The maximum Gasteiger partial charge on any atom is 0.262 e. The van der Waals surface area contributed by atoms with Gasteiger partial charge in [0.25, 0.3) is 5.91 Å². The molecule has 2 nitrogen and oxygen atoms in total. The van der Waals surface area contributed by atoms with E-state index in [2.05, 4.69) is 26.0 Å². The average molecular weight is 386 g/mol. The molecule has 0 aliphatic carbocycles. The fourth-order valence-corrected chi connectivity index (χ4v) is 3.42. The molecular weight excluding hydrogens is 366 g/mol. The van der Waals surface area contributed by atoms with Crippen LogP contribution in [-0.2, 0) is 4.79 Å². The number of benzene rings is 3. The number of rotatable bonds is 3. The smallest absolute Gasteiger partial charge is 0.262 e. The van der Waals surface area contributed by atoms with Crippen molar-refractivity contribution in [2.24, 2.45) is 0 Å². The molecule has 0 aromatic heterocycles. The van der Waals surface area contributed by atoms with E-state index in [0.717, 1.165) is 28.1 Å². The van der Waals surface area contributed by atoms with Gasteiger partial charge >= 0.3 is 0 Å². The number of nitrogens with zero attached hydrogens (tertiary/aromatic N) is 1. The first-order valence-electron chi connectivity index (χ1n) is 9.19. The zero-order valence-corrected chi connectivity index (χ0v) is 16.6. The van der Waals surface area contributed by atoms with Gasteiger partial charge < -0.3 is 0 Å². The van der Waals surface area contributed by atoms with Crippen LogP contribution in [0, 0.1) is 13.8 Å². The molecule has 138 valence electrons. The predicted molar refractivity (Wildman–Crippen MR) is 117 cm³/mol. The topological polar surface area (TPSA) is 20.3 Å². The third-order valence-corrected chi connectivity index (χ3v) is 5.25. The standard InChI is InChI=1S/C25H20ClNO/c1-17-8-13-23(14-18(17)2)27-24(20-6-4-3-5-7-20)16-21(25(27)28)15-19-9-11-22(26)12-10-19/h3-16H,1-2H3/b21-15+. The Kier molecular flexibility index (Phi) is 4.89. The minimum absolute atomic E-state index is 0.0305. The van der Waals surface area contributed by atoms with Crippen molar-refractivity contribution in [2.45, 2.75) is 13.8 Å². The minimum Gasteiger partial charge on any atom is -0.276 e. The summed E-state index contributed by atoms with van der Waals surface area (Å²) in [7, 11) is 0. The van der Waals surface area contributed by atoms with Crippen molar-refractivity contribution < 1.29 is 4.79 Å². The Morgan fingerprint density at radius 2 is 1.57 bits per heavy atom. The lowest BCUT2D eigenvalue weighted by Crippen LogP contribution is -2.25. The molecular formula is C25H20ClNO. The van der Waals surface area contributed by atoms with Crippen molar-refractivity contribution in [1.29, 1.82) is 0 Å². The summed E-state index contributed by atoms with van der Waals surface area (Å²) in [6, 6.07) is 23.6. The molecule has 0 unspecified atom stereocenters. The summed E-state index contributed by atoms with van der Waals surface area (Å²) in [5, 5.41) is 0.678. The highest BCUT2D eigenvalue weighted by Crippen LogP contribution is 2.36. The average Bonchev–Trinajstić information content (AvgIpc) is 3.03. The van der Waals surface area contributed by atoms with Gasteiger partial charge in [-0.05, 0) is 72.5 Å². The molecule has 1 amide bonds. The van der Waals surface area contributed by atoms with Crippen LogP contribution in [0.15, 0.2) is 84.4 Å². The number of halogens is 1. The van der Waals surface area contributed by atoms with Crippen molar-refractivity contribution in [1.82, 2.24) is 0 Å². The van der Waals surface area contributed by atoms with Gasteiger partial charge in [0.05, 0.1) is 5.70 Å². The number of carbonyl (C=O) groups is 1. The first kappa shape index (κ1) is 18.3. The summed E-state index contributed by atoms with van der Waals surface area (Å²) in [6.45, 7) is 4.14. The molecule has 1 aliphatic rings. The molecule has 4 rings (SSSR count). The van der Waals surface area contributed by atoms with E-state index in [1.54, 1.807) is 4.90 Å². The van der Waals surface area contributed by atoms with E-state index in [-0.39, 0.29) is 5.91 Å². The van der Waals surface area contributed by atoms with Crippen LogP contribution in [0.3, 0.4) is 0 Å². The SMILES string of the molecule is Cc1ccc(N2C(=O)/C(=C/c3ccc(Cl)cc3)C=C2c2ccccc2)cc1C. The van der Waals surface area contributed by atoms with Crippen LogP contribution in [0.4, 0.5) is 5.69 Å². The van der Waals surface area contributed by atoms with E-state index in [0.29, 0.717) is 10.6 Å². The van der Waals surface area contributed by atoms with Gasteiger partial charge in [-0.1, -0.05) is 60.1 Å². The molecule has 3 aromatic rings. The molecule has 0 saturated carbocycles. The Hall–Kier alpha value is -3.10. The van der Waals surface area contributed by atoms with Crippen molar-refractivity contribution >= 4 is 35.0 Å². The molecule has 0 atom stereocenters. The molecule has 1 aliphatic heterocycles. The Labute approximate surface area is 170 Å². The summed E-state index contributed by atoms with van der Waals surface area (Å²) in [5.74, 6) is -0.0305. The normalized spacial score (nSPS) is 15.2. The first-order valence-corrected chi connectivity index (χ1v) is 9.57. The highest BCUT2D eigenvalue weighted by Gasteiger charge is 2.30. The lowest BCUT2D eigenvalue weighted by atomic mass is 10.1. The van der Waals surface area contributed by atoms with E-state index in [1.165, 1.54) is 5.56 Å². The maximum atomic E-state index is 13.3. The number of anilines is 1. The van der Waals surface area contributed by atoms with Crippen molar-refractivity contribution in [3.8, 4) is 0 Å². The van der Waals surface area contributed by atoms with Gasteiger partial charge in [-0.15, -0.1) is 0 Å². The number of hydrogen-bond acceptors (Lipinski definition) is 1. The molecule has 0 saturated heterocycles. The molecule has 3 aromatic carbocycles. The molecule has 0 bridgehead atoms. The second kappa shape index (κ2) is 7.49. The second-order valence-electron chi connectivity index (χ2n) is 6.96. The largest absolute Gasteiger partial charge is 0.276 e. The summed E-state index contributed by atoms with van der Waals surface area (Å²) < 4.78 is 0. The summed E-state index contributed by atoms with van der Waals surface area (Å²) >= 11 is 5.98. The Morgan fingerprint density at radius 3 is 2.25 bits per heavy atom. The van der Waals surface area contributed by atoms with Gasteiger partial charge in [0.15, 0.2) is 0 Å². The van der Waals surface area contributed by atoms with Gasteiger partial charge in [0, 0.05) is 16.3 Å². The van der Waals surface area contributed by atoms with E-state index in [9.17, 15) is 4.79 Å². The fourth-order valence-electron chi connectivity index (χ4n) is 3.30. The summed E-state index contributed by atoms with van der Waals surface area (Å²) in [4.78, 5) is 15.1.